The van der Waals surface area contributed by atoms with Crippen LogP contribution in [0.3, 0.4) is 0 Å². The molecule has 2 amide bonds. The highest BCUT2D eigenvalue weighted by atomic mass is 16.2. The van der Waals surface area contributed by atoms with Gasteiger partial charge in [-0.1, -0.05) is 25.8 Å². The summed E-state index contributed by atoms with van der Waals surface area (Å²) in [6.45, 7) is 6.12. The highest BCUT2D eigenvalue weighted by molar-refractivity contribution is 6.39. The molecular weight excluding hydrogens is 264 g/mol. The number of amides is 2. The van der Waals surface area contributed by atoms with Gasteiger partial charge in [0.05, 0.1) is 0 Å². The Morgan fingerprint density at radius 2 is 1.76 bits per heavy atom. The van der Waals surface area contributed by atoms with Gasteiger partial charge in [0.25, 0.3) is 0 Å². The zero-order valence-electron chi connectivity index (χ0n) is 13.0. The van der Waals surface area contributed by atoms with Crippen molar-refractivity contribution >= 4 is 17.5 Å². The van der Waals surface area contributed by atoms with Gasteiger partial charge in [0.2, 0.25) is 0 Å². The second-order valence-electron chi connectivity index (χ2n) is 6.09. The minimum Gasteiger partial charge on any atom is -0.345 e. The second kappa shape index (κ2) is 6.74. The molecule has 2 atom stereocenters. The van der Waals surface area contributed by atoms with Gasteiger partial charge in [-0.3, -0.25) is 9.59 Å². The third-order valence-electron chi connectivity index (χ3n) is 4.40. The van der Waals surface area contributed by atoms with Crippen LogP contribution in [0.1, 0.15) is 43.7 Å². The molecule has 1 aromatic rings. The van der Waals surface area contributed by atoms with Gasteiger partial charge in [-0.25, -0.2) is 0 Å². The van der Waals surface area contributed by atoms with Crippen molar-refractivity contribution in [2.75, 3.05) is 5.32 Å². The Morgan fingerprint density at radius 3 is 2.43 bits per heavy atom. The van der Waals surface area contributed by atoms with Crippen molar-refractivity contribution in [3.05, 3.63) is 29.3 Å². The molecule has 0 radical (unpaired) electrons. The van der Waals surface area contributed by atoms with E-state index in [9.17, 15) is 9.59 Å². The molecule has 1 fully saturated rings. The maximum atomic E-state index is 12.0. The van der Waals surface area contributed by atoms with E-state index < -0.39 is 11.8 Å². The summed E-state index contributed by atoms with van der Waals surface area (Å²) in [5, 5.41) is 5.53. The quantitative estimate of drug-likeness (QED) is 0.822. The van der Waals surface area contributed by atoms with Crippen LogP contribution >= 0.6 is 0 Å². The summed E-state index contributed by atoms with van der Waals surface area (Å²) >= 11 is 0. The van der Waals surface area contributed by atoms with Crippen LogP contribution in [-0.4, -0.2) is 17.9 Å². The molecular formula is C17H24N2O2. The maximum Gasteiger partial charge on any atom is 0.313 e. The van der Waals surface area contributed by atoms with Crippen LogP contribution in [0.25, 0.3) is 0 Å². The van der Waals surface area contributed by atoms with Gasteiger partial charge in [0.15, 0.2) is 0 Å². The van der Waals surface area contributed by atoms with Gasteiger partial charge >= 0.3 is 11.8 Å². The molecule has 0 unspecified atom stereocenters. The van der Waals surface area contributed by atoms with Crippen LogP contribution < -0.4 is 10.6 Å². The van der Waals surface area contributed by atoms with Crippen LogP contribution in [-0.2, 0) is 9.59 Å². The van der Waals surface area contributed by atoms with E-state index in [1.54, 1.807) is 0 Å². The van der Waals surface area contributed by atoms with E-state index in [0.29, 0.717) is 11.6 Å². The number of benzene rings is 1. The molecule has 4 heteroatoms. The molecule has 0 heterocycles. The number of nitrogens with one attached hydrogen (secondary N) is 2. The highest BCUT2D eigenvalue weighted by Crippen LogP contribution is 2.23. The van der Waals surface area contributed by atoms with Crippen molar-refractivity contribution < 1.29 is 9.59 Å². The Morgan fingerprint density at radius 1 is 1.05 bits per heavy atom. The highest BCUT2D eigenvalue weighted by Gasteiger charge is 2.25. The monoisotopic (exact) mass is 288 g/mol. The van der Waals surface area contributed by atoms with E-state index in [2.05, 4.69) is 17.6 Å². The summed E-state index contributed by atoms with van der Waals surface area (Å²) in [7, 11) is 0. The zero-order valence-corrected chi connectivity index (χ0v) is 13.0. The first-order valence-corrected chi connectivity index (χ1v) is 7.66. The van der Waals surface area contributed by atoms with E-state index in [4.69, 9.17) is 0 Å². The lowest BCUT2D eigenvalue weighted by Crippen LogP contribution is -2.45. The number of anilines is 1. The molecule has 4 nitrogen and oxygen atoms in total. The van der Waals surface area contributed by atoms with Gasteiger partial charge in [-0.15, -0.1) is 0 Å². The average Bonchev–Trinajstić information content (AvgIpc) is 2.45. The molecule has 21 heavy (non-hydrogen) atoms. The Kier molecular flexibility index (Phi) is 4.99. The topological polar surface area (TPSA) is 58.2 Å². The Bertz CT molecular complexity index is 540. The van der Waals surface area contributed by atoms with Gasteiger partial charge in [-0.2, -0.15) is 0 Å². The molecule has 1 saturated carbocycles. The van der Waals surface area contributed by atoms with Gasteiger partial charge in [0.1, 0.15) is 0 Å². The van der Waals surface area contributed by atoms with Crippen LogP contribution in [0.4, 0.5) is 5.69 Å². The number of rotatable bonds is 2. The molecule has 2 N–H and O–H groups in total. The first kappa shape index (κ1) is 15.5. The van der Waals surface area contributed by atoms with Crippen LogP contribution in [0, 0.1) is 19.8 Å². The van der Waals surface area contributed by atoms with Crippen LogP contribution in [0.2, 0.25) is 0 Å². The average molecular weight is 288 g/mol. The fraction of sp³-hybridized carbons (Fsp3) is 0.529. The Labute approximate surface area is 126 Å². The van der Waals surface area contributed by atoms with Crippen LogP contribution in [0.15, 0.2) is 18.2 Å². The first-order chi connectivity index (χ1) is 9.97. The number of carbonyl (C=O) groups is 2. The summed E-state index contributed by atoms with van der Waals surface area (Å²) in [5.41, 5.74) is 2.91. The van der Waals surface area contributed by atoms with E-state index in [-0.39, 0.29) is 6.04 Å². The molecule has 0 bridgehead atoms. The number of hydrogen-bond acceptors (Lipinski definition) is 2. The zero-order chi connectivity index (χ0) is 15.4. The Hall–Kier alpha value is -1.84. The number of carbonyl (C=O) groups excluding carboxylic acids is 2. The lowest BCUT2D eigenvalue weighted by molar-refractivity contribution is -0.137. The minimum atomic E-state index is -0.587. The molecule has 114 valence electrons. The largest absolute Gasteiger partial charge is 0.345 e. The normalized spacial score (nSPS) is 21.7. The SMILES string of the molecule is Cc1ccc(NC(=O)C(=O)N[C@@H]2CCCC[C@@H]2C)cc1C. The smallest absolute Gasteiger partial charge is 0.313 e. The minimum absolute atomic E-state index is 0.122. The molecule has 1 aromatic carbocycles. The summed E-state index contributed by atoms with van der Waals surface area (Å²) in [6.07, 6.45) is 4.41. The summed E-state index contributed by atoms with van der Waals surface area (Å²) in [5.74, 6) is -0.680. The van der Waals surface area contributed by atoms with E-state index in [0.717, 1.165) is 30.4 Å². The molecule has 0 spiro atoms. The van der Waals surface area contributed by atoms with Gasteiger partial charge < -0.3 is 10.6 Å². The van der Waals surface area contributed by atoms with Crippen molar-refractivity contribution in [1.82, 2.24) is 5.32 Å². The lowest BCUT2D eigenvalue weighted by Gasteiger charge is -2.29. The summed E-state index contributed by atoms with van der Waals surface area (Å²) in [4.78, 5) is 24.0. The van der Waals surface area contributed by atoms with E-state index >= 15 is 0 Å². The first-order valence-electron chi connectivity index (χ1n) is 7.66. The van der Waals surface area contributed by atoms with Crippen molar-refractivity contribution in [3.63, 3.8) is 0 Å². The molecule has 0 aliphatic heterocycles. The van der Waals surface area contributed by atoms with Crippen molar-refractivity contribution in [2.24, 2.45) is 5.92 Å². The third-order valence-corrected chi connectivity index (χ3v) is 4.40. The molecule has 0 aromatic heterocycles. The standard InChI is InChI=1S/C17H24N2O2/c1-11-8-9-14(10-13(11)3)18-16(20)17(21)19-15-7-5-4-6-12(15)2/h8-10,12,15H,4-7H2,1-3H3,(H,18,20)(H,19,21)/t12-,15+/m0/s1. The lowest BCUT2D eigenvalue weighted by atomic mass is 9.86. The van der Waals surface area contributed by atoms with Crippen molar-refractivity contribution in [3.8, 4) is 0 Å². The third kappa shape index (κ3) is 4.06. The molecule has 1 aliphatic rings. The van der Waals surface area contributed by atoms with Crippen molar-refractivity contribution in [2.45, 2.75) is 52.5 Å². The predicted octanol–water partition coefficient (Wildman–Crippen LogP) is 2.94. The van der Waals surface area contributed by atoms with Crippen LogP contribution in [0.5, 0.6) is 0 Å². The number of aryl methyl sites for hydroxylation is 2. The van der Waals surface area contributed by atoms with E-state index in [1.807, 2.05) is 32.0 Å². The molecule has 1 aliphatic carbocycles. The second-order valence-corrected chi connectivity index (χ2v) is 6.09. The molecule has 2 rings (SSSR count). The fourth-order valence-electron chi connectivity index (χ4n) is 2.77. The Balaban J connectivity index is 1.93. The fourth-order valence-corrected chi connectivity index (χ4v) is 2.77. The maximum absolute atomic E-state index is 12.0. The van der Waals surface area contributed by atoms with Gasteiger partial charge in [0, 0.05) is 11.7 Å². The van der Waals surface area contributed by atoms with Crippen molar-refractivity contribution in [1.29, 1.82) is 0 Å². The molecule has 0 saturated heterocycles. The number of hydrogen-bond donors (Lipinski definition) is 2. The predicted molar refractivity (Wildman–Crippen MR) is 84.1 cm³/mol. The summed E-state index contributed by atoms with van der Waals surface area (Å²) in [6, 6.07) is 5.75. The van der Waals surface area contributed by atoms with E-state index in [1.165, 1.54) is 6.42 Å². The summed E-state index contributed by atoms with van der Waals surface area (Å²) < 4.78 is 0. The van der Waals surface area contributed by atoms with Gasteiger partial charge in [-0.05, 0) is 55.9 Å².